The van der Waals surface area contributed by atoms with Gasteiger partial charge in [-0.15, -0.1) is 0 Å². The number of aliphatic hydroxyl groups excluding tert-OH is 2. The van der Waals surface area contributed by atoms with Crippen LogP contribution in [0.25, 0.3) is 5.57 Å². The Balaban J connectivity index is 1.59. The number of aliphatic hydroxyl groups is 2. The molecule has 0 fully saturated rings. The molecule has 3 aromatic rings. The number of aromatic nitrogens is 1. The number of hydrogen-bond donors (Lipinski definition) is 3. The number of allylic oxidation sites excluding steroid dienone is 6. The van der Waals surface area contributed by atoms with Crippen LogP contribution in [-0.2, 0) is 24.4 Å². The molecule has 3 N–H and O–H groups in total. The number of rotatable bonds is 17. The molecule has 2 heterocycles. The molecule has 1 aliphatic heterocycles. The van der Waals surface area contributed by atoms with Crippen LogP contribution >= 0.6 is 0 Å². The minimum absolute atomic E-state index is 0.0328. The Labute approximate surface area is 308 Å². The molecule has 9 heteroatoms. The Morgan fingerprint density at radius 1 is 1.08 bits per heavy atom. The first kappa shape index (κ1) is 39.8. The molecule has 0 spiro atoms. The minimum atomic E-state index is -0.543. The number of nitrogens with zero attached hydrogens (tertiary/aromatic N) is 3. The molecule has 2 atom stereocenters. The lowest BCUT2D eigenvalue weighted by Crippen LogP contribution is -2.39. The van der Waals surface area contributed by atoms with E-state index in [2.05, 4.69) is 66.4 Å². The maximum atomic E-state index is 10.0. The molecule has 2 unspecified atom stereocenters. The molecule has 0 radical (unpaired) electrons. The smallest absolute Gasteiger partial charge is 0.134 e. The van der Waals surface area contributed by atoms with E-state index in [1.165, 1.54) is 6.20 Å². The zero-order valence-electron chi connectivity index (χ0n) is 31.3. The van der Waals surface area contributed by atoms with Crippen molar-refractivity contribution in [1.29, 1.82) is 5.26 Å². The van der Waals surface area contributed by atoms with Gasteiger partial charge in [-0.3, -0.25) is 9.98 Å². The van der Waals surface area contributed by atoms with Crippen molar-refractivity contribution in [2.45, 2.75) is 67.3 Å². The van der Waals surface area contributed by atoms with Crippen molar-refractivity contribution in [3.63, 3.8) is 0 Å². The predicted octanol–water partition coefficient (Wildman–Crippen LogP) is 7.19. The molecule has 0 saturated heterocycles. The summed E-state index contributed by atoms with van der Waals surface area (Å²) in [6.07, 6.45) is 13.5. The second kappa shape index (κ2) is 20.1. The highest BCUT2D eigenvalue weighted by atomic mass is 16.5. The standard InChI is InChI=1S/C43H52N4O5/c1-7-10-13-29(4)36(24-48)27-50-25-30(5)38(12-8-2)39-15-11-14-35(31(39)6)28-52-41-18-42(51-26-33-16-32(19-44)20-45-21-33)40(17-34(41)9-3)43-46-22-37(49)23-47-43/h7-8,10-18,20-21,36-37,48-49H,9,22-28H2,1-6H3,(H,46,47)/b10-7-,12-8-,29-13+,38-30+. The minimum Gasteiger partial charge on any atom is -0.488 e. The average Bonchev–Trinajstić information content (AvgIpc) is 3.16. The van der Waals surface area contributed by atoms with E-state index in [-0.39, 0.29) is 19.1 Å². The van der Waals surface area contributed by atoms with E-state index >= 15 is 0 Å². The monoisotopic (exact) mass is 704 g/mol. The van der Waals surface area contributed by atoms with Crippen molar-refractivity contribution in [2.75, 3.05) is 32.9 Å². The number of nitriles is 1. The number of pyridine rings is 1. The molecular formula is C43H52N4O5. The van der Waals surface area contributed by atoms with Crippen LogP contribution in [0.5, 0.6) is 11.5 Å². The first-order valence-electron chi connectivity index (χ1n) is 17.8. The van der Waals surface area contributed by atoms with Gasteiger partial charge in [-0.05, 0) is 86.6 Å². The fraction of sp³-hybridized carbons (Fsp3) is 0.372. The van der Waals surface area contributed by atoms with Crippen molar-refractivity contribution >= 4 is 11.4 Å². The van der Waals surface area contributed by atoms with Gasteiger partial charge in [0.15, 0.2) is 0 Å². The lowest BCUT2D eigenvalue weighted by molar-refractivity contribution is 0.101. The first-order valence-corrected chi connectivity index (χ1v) is 17.8. The number of β-amino-alcohol motifs (C(OH)–C–C–N with tert-alkyl or cyclic N) is 1. The third-order valence-electron chi connectivity index (χ3n) is 9.05. The highest BCUT2D eigenvalue weighted by molar-refractivity contribution is 6.02. The van der Waals surface area contributed by atoms with Crippen LogP contribution < -0.4 is 14.8 Å². The average molecular weight is 705 g/mol. The summed E-state index contributed by atoms with van der Waals surface area (Å²) in [4.78, 5) is 8.75. The van der Waals surface area contributed by atoms with Gasteiger partial charge in [-0.2, -0.15) is 5.26 Å². The van der Waals surface area contributed by atoms with E-state index in [0.29, 0.717) is 55.8 Å². The number of ether oxygens (including phenoxy) is 3. The van der Waals surface area contributed by atoms with Gasteiger partial charge in [0.2, 0.25) is 0 Å². The summed E-state index contributed by atoms with van der Waals surface area (Å²) in [6, 6.07) is 14.1. The summed E-state index contributed by atoms with van der Waals surface area (Å²) in [5, 5.41) is 32.5. The molecule has 1 aliphatic rings. The fourth-order valence-corrected chi connectivity index (χ4v) is 5.88. The molecule has 9 nitrogen and oxygen atoms in total. The zero-order valence-corrected chi connectivity index (χ0v) is 31.3. The molecule has 0 aliphatic carbocycles. The van der Waals surface area contributed by atoms with Crippen molar-refractivity contribution in [3.8, 4) is 17.6 Å². The molecule has 1 aromatic heterocycles. The van der Waals surface area contributed by atoms with Gasteiger partial charge in [0.05, 0.1) is 43.6 Å². The van der Waals surface area contributed by atoms with E-state index in [1.54, 1.807) is 12.3 Å². The van der Waals surface area contributed by atoms with Gasteiger partial charge in [0.25, 0.3) is 0 Å². The lowest BCUT2D eigenvalue weighted by Gasteiger charge is -2.23. The summed E-state index contributed by atoms with van der Waals surface area (Å²) in [7, 11) is 0. The largest absolute Gasteiger partial charge is 0.488 e. The van der Waals surface area contributed by atoms with E-state index in [1.807, 2.05) is 57.2 Å². The Morgan fingerprint density at radius 3 is 2.58 bits per heavy atom. The van der Waals surface area contributed by atoms with Crippen molar-refractivity contribution in [1.82, 2.24) is 10.3 Å². The summed E-state index contributed by atoms with van der Waals surface area (Å²) in [5.74, 6) is 1.88. The Kier molecular flexibility index (Phi) is 15.4. The number of amidine groups is 1. The van der Waals surface area contributed by atoms with Crippen LogP contribution in [0.2, 0.25) is 0 Å². The molecule has 4 rings (SSSR count). The summed E-state index contributed by atoms with van der Waals surface area (Å²) >= 11 is 0. The fourth-order valence-electron chi connectivity index (χ4n) is 5.88. The highest BCUT2D eigenvalue weighted by Crippen LogP contribution is 2.33. The van der Waals surface area contributed by atoms with Crippen molar-refractivity contribution in [3.05, 3.63) is 129 Å². The van der Waals surface area contributed by atoms with Crippen LogP contribution in [0.3, 0.4) is 0 Å². The Bertz CT molecular complexity index is 1870. The van der Waals surface area contributed by atoms with Gasteiger partial charge in [0.1, 0.15) is 36.6 Å². The number of hydrogen-bond acceptors (Lipinski definition) is 9. The Morgan fingerprint density at radius 2 is 1.88 bits per heavy atom. The van der Waals surface area contributed by atoms with Crippen molar-refractivity contribution < 1.29 is 24.4 Å². The van der Waals surface area contributed by atoms with E-state index in [9.17, 15) is 15.5 Å². The maximum Gasteiger partial charge on any atom is 0.134 e. The van der Waals surface area contributed by atoms with Crippen LogP contribution in [0.1, 0.15) is 73.6 Å². The van der Waals surface area contributed by atoms with E-state index in [0.717, 1.165) is 56.5 Å². The highest BCUT2D eigenvalue weighted by Gasteiger charge is 2.21. The van der Waals surface area contributed by atoms with Gasteiger partial charge in [-0.25, -0.2) is 0 Å². The quantitative estimate of drug-likeness (QED) is 0.126. The predicted molar refractivity (Wildman–Crippen MR) is 207 cm³/mol. The number of aryl methyl sites for hydroxylation is 1. The number of aliphatic imine (C=N–C) groups is 1. The Hall–Kier alpha value is -5.01. The normalized spacial score (nSPS) is 15.9. The molecular weight excluding hydrogens is 652 g/mol. The number of benzene rings is 2. The molecule has 0 saturated carbocycles. The third kappa shape index (κ3) is 10.8. The molecule has 0 amide bonds. The number of nitrogens with one attached hydrogen (secondary N) is 1. The topological polar surface area (TPSA) is 129 Å². The van der Waals surface area contributed by atoms with Crippen molar-refractivity contribution in [2.24, 2.45) is 10.9 Å². The van der Waals surface area contributed by atoms with Crippen LogP contribution in [-0.4, -0.2) is 60.0 Å². The van der Waals surface area contributed by atoms with Gasteiger partial charge < -0.3 is 29.7 Å². The first-order chi connectivity index (χ1) is 25.2. The van der Waals surface area contributed by atoms with Gasteiger partial charge >= 0.3 is 0 Å². The van der Waals surface area contributed by atoms with Crippen LogP contribution in [0.4, 0.5) is 0 Å². The van der Waals surface area contributed by atoms with E-state index in [4.69, 9.17) is 14.2 Å². The molecule has 274 valence electrons. The van der Waals surface area contributed by atoms with Gasteiger partial charge in [0, 0.05) is 36.5 Å². The molecule has 0 bridgehead atoms. The maximum absolute atomic E-state index is 10.0. The SMILES string of the molecule is C/C=C\C=C(/C)C(CO)COC/C(C)=C(\C=C/C)c1cccc(COc2cc(OCc3cncc(C#N)c3)c(C3=NCC(O)CN3)cc2CC)c1C. The van der Waals surface area contributed by atoms with E-state index < -0.39 is 6.10 Å². The third-order valence-corrected chi connectivity index (χ3v) is 9.05. The van der Waals surface area contributed by atoms with Crippen LogP contribution in [0, 0.1) is 24.2 Å². The summed E-state index contributed by atoms with van der Waals surface area (Å²) < 4.78 is 19.0. The molecule has 2 aromatic carbocycles. The summed E-state index contributed by atoms with van der Waals surface area (Å²) in [5.41, 5.74) is 9.57. The molecule has 52 heavy (non-hydrogen) atoms. The van der Waals surface area contributed by atoms with Crippen LogP contribution in [0.15, 0.2) is 95.3 Å². The second-order valence-electron chi connectivity index (χ2n) is 12.9. The lowest BCUT2D eigenvalue weighted by atomic mass is 9.93. The van der Waals surface area contributed by atoms with Gasteiger partial charge in [-0.1, -0.05) is 61.1 Å². The summed E-state index contributed by atoms with van der Waals surface area (Å²) in [6.45, 7) is 14.4. The zero-order chi connectivity index (χ0) is 37.5. The second-order valence-corrected chi connectivity index (χ2v) is 12.9.